The first kappa shape index (κ1) is 90.8. The number of aliphatic hydroxyl groups excluding tert-OH is 1. The number of nitrogens with one attached hydrogen (secondary N) is 2. The minimum atomic E-state index is -2.52. The lowest BCUT2D eigenvalue weighted by atomic mass is 9.97. The summed E-state index contributed by atoms with van der Waals surface area (Å²) in [6.07, 6.45) is -17.7. The zero-order valence-electron chi connectivity index (χ0n) is 67.1. The monoisotopic (exact) mass is 1600 g/mol. The third-order valence-electron chi connectivity index (χ3n) is 14.2. The first-order valence-corrected chi connectivity index (χ1v) is 76.7. The molecule has 21 atom stereocenters. The molecule has 0 saturated carbocycles. The van der Waals surface area contributed by atoms with Crippen LogP contribution in [0, 0.1) is 0 Å². The summed E-state index contributed by atoms with van der Waals surface area (Å²) >= 11 is 6.27. The second-order valence-corrected chi connectivity index (χ2v) is 92.4. The van der Waals surface area contributed by atoms with Crippen LogP contribution in [0.4, 0.5) is 0 Å². The molecule has 4 rings (SSSR count). The molecular formula is C61H142N4O19SSi12. The summed E-state index contributed by atoms with van der Waals surface area (Å²) in [4.78, 5) is 0. The van der Waals surface area contributed by atoms with E-state index in [4.69, 9.17) is 105 Å². The number of hydrogen-bond acceptors (Lipinski definition) is 22. The van der Waals surface area contributed by atoms with Gasteiger partial charge in [0, 0.05) is 19.6 Å². The summed E-state index contributed by atoms with van der Waals surface area (Å²) in [5.41, 5.74) is 13.3. The Kier molecular flexibility index (Phi) is 32.2. The van der Waals surface area contributed by atoms with Crippen molar-refractivity contribution >= 4 is 117 Å². The predicted molar refractivity (Wildman–Crippen MR) is 423 cm³/mol. The van der Waals surface area contributed by atoms with Gasteiger partial charge in [0.25, 0.3) is 0 Å². The van der Waals surface area contributed by atoms with Crippen LogP contribution in [-0.2, 0) is 81.5 Å². The van der Waals surface area contributed by atoms with Gasteiger partial charge in [-0.1, -0.05) is 0 Å². The maximum atomic E-state index is 13.1. The van der Waals surface area contributed by atoms with Gasteiger partial charge in [-0.3, -0.25) is 0 Å². The lowest BCUT2D eigenvalue weighted by molar-refractivity contribution is -0.370. The van der Waals surface area contributed by atoms with Crippen LogP contribution in [0.1, 0.15) is 0 Å². The molecule has 4 saturated heterocycles. The normalized spacial score (nSPS) is 33.4. The van der Waals surface area contributed by atoms with E-state index < -0.39 is 229 Å². The van der Waals surface area contributed by atoms with Crippen LogP contribution in [-0.4, -0.2) is 259 Å². The first-order chi connectivity index (χ1) is 43.2. The van der Waals surface area contributed by atoms with E-state index in [9.17, 15) is 5.11 Å². The molecular weight excluding hydrogens is 1460 g/mol. The Balaban J connectivity index is 1.92. The third-order valence-corrected chi connectivity index (χ3v) is 26.2. The summed E-state index contributed by atoms with van der Waals surface area (Å²) in [5, 5.41) is 19.8. The summed E-state index contributed by atoms with van der Waals surface area (Å²) < 4.78 is 130. The molecule has 0 bridgehead atoms. The number of aliphatic hydroxyl groups is 1. The van der Waals surface area contributed by atoms with Gasteiger partial charge in [0.15, 0.2) is 136 Å². The quantitative estimate of drug-likeness (QED) is 0.0228. The molecule has 0 aromatic rings. The number of thiocarbonyl (C=S) groups is 1. The zero-order valence-corrected chi connectivity index (χ0v) is 79.9. The van der Waals surface area contributed by atoms with Crippen molar-refractivity contribution in [3.8, 4) is 0 Å². The van der Waals surface area contributed by atoms with E-state index in [2.05, 4.69) is 246 Å². The van der Waals surface area contributed by atoms with Crippen LogP contribution in [0.5, 0.6) is 0 Å². The second kappa shape index (κ2) is 34.4. The van der Waals surface area contributed by atoms with Gasteiger partial charge < -0.3 is 109 Å². The Morgan fingerprint density at radius 2 is 0.505 bits per heavy atom. The molecule has 4 aliphatic rings. The molecule has 0 spiro atoms. The van der Waals surface area contributed by atoms with Crippen molar-refractivity contribution in [1.29, 1.82) is 0 Å². The highest BCUT2D eigenvalue weighted by Gasteiger charge is 2.60. The lowest BCUT2D eigenvalue weighted by Crippen LogP contribution is -2.71. The van der Waals surface area contributed by atoms with Gasteiger partial charge in [0.2, 0.25) is 0 Å². The molecule has 4 heterocycles. The average Bonchev–Trinajstić information content (AvgIpc) is 0.768. The molecule has 0 aromatic heterocycles. The van der Waals surface area contributed by atoms with Crippen LogP contribution in [0.15, 0.2) is 0 Å². The van der Waals surface area contributed by atoms with E-state index in [0.717, 1.165) is 0 Å². The molecule has 4 fully saturated rings. The highest BCUT2D eigenvalue weighted by atomic mass is 32.1. The molecule has 0 aromatic carbocycles. The summed E-state index contributed by atoms with van der Waals surface area (Å²) in [6.45, 7) is 77.4. The van der Waals surface area contributed by atoms with E-state index in [0.29, 0.717) is 0 Å². The van der Waals surface area contributed by atoms with Crippen LogP contribution in [0.3, 0.4) is 0 Å². The van der Waals surface area contributed by atoms with Crippen molar-refractivity contribution in [1.82, 2.24) is 10.6 Å². The van der Waals surface area contributed by atoms with E-state index in [-0.39, 0.29) is 24.7 Å². The largest absolute Gasteiger partial charge is 0.409 e. The van der Waals surface area contributed by atoms with Crippen molar-refractivity contribution in [3.05, 3.63) is 0 Å². The van der Waals surface area contributed by atoms with Crippen LogP contribution < -0.4 is 22.1 Å². The topological polar surface area (TPSA) is 262 Å². The minimum Gasteiger partial charge on any atom is -0.409 e. The highest BCUT2D eigenvalue weighted by Crippen LogP contribution is 2.42. The number of hydrogen-bond donors (Lipinski definition) is 5. The summed E-state index contributed by atoms with van der Waals surface area (Å²) in [6, 6.07) is 0. The summed E-state index contributed by atoms with van der Waals surface area (Å²) in [7, 11) is -28.7. The lowest BCUT2D eigenvalue weighted by Gasteiger charge is -2.54. The Bertz CT molecular complexity index is 2440. The van der Waals surface area contributed by atoms with Gasteiger partial charge in [-0.05, 0) is 248 Å². The molecule has 36 heteroatoms. The molecule has 4 aliphatic heterocycles. The molecule has 7 N–H and O–H groups in total. The van der Waals surface area contributed by atoms with Crippen molar-refractivity contribution in [2.75, 3.05) is 19.6 Å². The fourth-order valence-corrected chi connectivity index (χ4v) is 25.1. The Hall–Kier alpha value is 1.45. The van der Waals surface area contributed by atoms with Crippen molar-refractivity contribution in [2.24, 2.45) is 11.5 Å². The van der Waals surface area contributed by atoms with Crippen molar-refractivity contribution in [3.63, 3.8) is 0 Å². The zero-order chi connectivity index (χ0) is 75.0. The second-order valence-electron chi connectivity index (χ2n) is 38.5. The maximum Gasteiger partial charge on any atom is 0.188 e. The molecule has 0 radical (unpaired) electrons. The average molecular weight is 1600 g/mol. The van der Waals surface area contributed by atoms with Crippen molar-refractivity contribution in [2.45, 2.75) is 365 Å². The van der Waals surface area contributed by atoms with E-state index >= 15 is 0 Å². The van der Waals surface area contributed by atoms with Crippen molar-refractivity contribution < 1.29 is 86.6 Å². The Morgan fingerprint density at radius 1 is 0.309 bits per heavy atom. The van der Waals surface area contributed by atoms with Gasteiger partial charge in [-0.25, -0.2) is 0 Å². The smallest absolute Gasteiger partial charge is 0.188 e. The Labute approximate surface area is 606 Å². The van der Waals surface area contributed by atoms with Gasteiger partial charge in [0.05, 0.1) is 0 Å². The third kappa shape index (κ3) is 32.0. The standard InChI is InChI=1S/C61H142N4O19SSi12/c1-86(2,3)73-43-40(37-62)67-57(52(81-94(25,26)27)46(43)76-89(10,11)12)71-59-54(83-96(31,32)33)48(78-91(16,17)18)45(75-88(7,8)9)42(69-59)39-64-61(85)65-56(66)51-49(79-92(19,20)21)50(80-93(22,23)24)55(84-97(34,35)36)60(70-51)72-58-53(82-95(28,29)30)47(77-90(13,14)15)44(41(38-63)68-58)74-87(4,5)6/h40-60,66H,37-39,62-63H2,1-36H3,(H2,64,65,85)/t40-,41-,42-,43-,44-,45-,46+,47+,48+,49+,50+,51+,52-,53-,54-,55-,56?,57-,58-,59-,60-/m1/s1. The molecule has 23 nitrogen and oxygen atoms in total. The summed E-state index contributed by atoms with van der Waals surface area (Å²) in [5.74, 6) is 0. The molecule has 0 aliphatic carbocycles. The maximum absolute atomic E-state index is 13.1. The van der Waals surface area contributed by atoms with Crippen LogP contribution >= 0.6 is 12.2 Å². The number of nitrogens with two attached hydrogens (primary N) is 2. The number of ether oxygens (including phenoxy) is 6. The minimum absolute atomic E-state index is 0.0699. The fraction of sp³-hybridized carbons (Fsp3) is 0.984. The van der Waals surface area contributed by atoms with Gasteiger partial charge in [-0.2, -0.15) is 0 Å². The molecule has 1 unspecified atom stereocenters. The molecule has 574 valence electrons. The van der Waals surface area contributed by atoms with E-state index in [1.807, 2.05) is 0 Å². The SMILES string of the molecule is C[Si](C)(C)O[C@@H]1[C@@H](O[Si](C)(C)C)[C@@H](O[C@H]2O[C@H](CN)[C@@H](O[Si](C)(C)C)[C@H](O[Si](C)(C)C)[C@H]2O[Si](C)(C)C)O[C@H](C(O)NC(=S)NC[C@H]2O[C@H](O[C@H]3O[C@H](CN)[C@@H](O[Si](C)(C)C)[C@H](O[Si](C)(C)C)[C@H]3O[Si](C)(C)C)[C@H](O[Si](C)(C)C)[C@@H](O[Si](C)(C)C)[C@@H]2O[Si](C)(C)C)[C@H]1O[Si](C)(C)C. The fourth-order valence-electron chi connectivity index (χ4n) is 11.9. The van der Waals surface area contributed by atoms with Crippen LogP contribution in [0.2, 0.25) is 236 Å². The number of rotatable bonds is 34. The molecule has 0 amide bonds. The predicted octanol–water partition coefficient (Wildman–Crippen LogP) is 11.3. The highest BCUT2D eigenvalue weighted by molar-refractivity contribution is 7.80. The Morgan fingerprint density at radius 3 is 0.753 bits per heavy atom. The first-order valence-electron chi connectivity index (χ1n) is 35.4. The van der Waals surface area contributed by atoms with Gasteiger partial charge in [0.1, 0.15) is 97.7 Å². The van der Waals surface area contributed by atoms with E-state index in [1.54, 1.807) is 0 Å². The van der Waals surface area contributed by atoms with Gasteiger partial charge >= 0.3 is 0 Å². The van der Waals surface area contributed by atoms with Gasteiger partial charge in [-0.15, -0.1) is 0 Å². The van der Waals surface area contributed by atoms with E-state index in [1.165, 1.54) is 0 Å². The van der Waals surface area contributed by atoms with Crippen LogP contribution in [0.25, 0.3) is 0 Å². The molecule has 97 heavy (non-hydrogen) atoms.